The molecule has 0 bridgehead atoms. The Hall–Kier alpha value is -0.340. The SMILES string of the molecule is C=CC(C)(O)C(C)OC. The summed E-state index contributed by atoms with van der Waals surface area (Å²) in [7, 11) is 1.56. The Bertz CT molecular complexity index is 97.1. The summed E-state index contributed by atoms with van der Waals surface area (Å²) in [5, 5.41) is 9.35. The van der Waals surface area contributed by atoms with Gasteiger partial charge in [-0.2, -0.15) is 0 Å². The van der Waals surface area contributed by atoms with E-state index in [0.29, 0.717) is 0 Å². The zero-order chi connectivity index (χ0) is 7.49. The molecular formula is C7H14O2. The van der Waals surface area contributed by atoms with Crippen LogP contribution in [0.2, 0.25) is 0 Å². The highest BCUT2D eigenvalue weighted by molar-refractivity contribution is 4.96. The lowest BCUT2D eigenvalue weighted by Gasteiger charge is -2.24. The molecule has 9 heavy (non-hydrogen) atoms. The van der Waals surface area contributed by atoms with Gasteiger partial charge in [0.15, 0.2) is 0 Å². The van der Waals surface area contributed by atoms with Crippen LogP contribution >= 0.6 is 0 Å². The van der Waals surface area contributed by atoms with Crippen LogP contribution in [0.25, 0.3) is 0 Å². The molecule has 0 saturated carbocycles. The Balaban J connectivity index is 3.95. The second-order valence-electron chi connectivity index (χ2n) is 2.31. The quantitative estimate of drug-likeness (QED) is 0.576. The van der Waals surface area contributed by atoms with Crippen molar-refractivity contribution in [1.29, 1.82) is 0 Å². The zero-order valence-corrected chi connectivity index (χ0v) is 6.22. The summed E-state index contributed by atoms with van der Waals surface area (Å²) >= 11 is 0. The number of hydrogen-bond acceptors (Lipinski definition) is 2. The molecule has 0 fully saturated rings. The predicted octanol–water partition coefficient (Wildman–Crippen LogP) is 0.958. The van der Waals surface area contributed by atoms with Crippen molar-refractivity contribution < 1.29 is 9.84 Å². The Morgan fingerprint density at radius 3 is 2.33 bits per heavy atom. The Morgan fingerprint density at radius 1 is 1.78 bits per heavy atom. The van der Waals surface area contributed by atoms with Crippen LogP contribution in [0.5, 0.6) is 0 Å². The van der Waals surface area contributed by atoms with E-state index in [4.69, 9.17) is 4.74 Å². The first-order chi connectivity index (χ1) is 4.04. The first-order valence-electron chi connectivity index (χ1n) is 2.93. The maximum Gasteiger partial charge on any atom is 0.105 e. The fraction of sp³-hybridized carbons (Fsp3) is 0.714. The van der Waals surface area contributed by atoms with Gasteiger partial charge in [-0.3, -0.25) is 0 Å². The molecule has 0 amide bonds. The van der Waals surface area contributed by atoms with E-state index in [2.05, 4.69) is 6.58 Å². The minimum Gasteiger partial charge on any atom is -0.383 e. The number of rotatable bonds is 3. The van der Waals surface area contributed by atoms with Crippen LogP contribution < -0.4 is 0 Å². The van der Waals surface area contributed by atoms with Gasteiger partial charge in [0.2, 0.25) is 0 Å². The fourth-order valence-electron chi connectivity index (χ4n) is 0.405. The molecular weight excluding hydrogens is 116 g/mol. The van der Waals surface area contributed by atoms with Crippen LogP contribution in [0.15, 0.2) is 12.7 Å². The summed E-state index contributed by atoms with van der Waals surface area (Å²) in [5.74, 6) is 0. The Labute approximate surface area is 56.1 Å². The van der Waals surface area contributed by atoms with Gasteiger partial charge >= 0.3 is 0 Å². The van der Waals surface area contributed by atoms with Crippen molar-refractivity contribution in [3.63, 3.8) is 0 Å². The van der Waals surface area contributed by atoms with Crippen molar-refractivity contribution in [1.82, 2.24) is 0 Å². The number of methoxy groups -OCH3 is 1. The van der Waals surface area contributed by atoms with Gasteiger partial charge in [-0.15, -0.1) is 6.58 Å². The van der Waals surface area contributed by atoms with E-state index < -0.39 is 5.60 Å². The molecule has 0 spiro atoms. The van der Waals surface area contributed by atoms with Gasteiger partial charge in [0, 0.05) is 7.11 Å². The lowest BCUT2D eigenvalue weighted by Crippen LogP contribution is -2.35. The summed E-state index contributed by atoms with van der Waals surface area (Å²) in [6, 6.07) is 0. The van der Waals surface area contributed by atoms with E-state index in [1.165, 1.54) is 6.08 Å². The van der Waals surface area contributed by atoms with E-state index in [1.807, 2.05) is 0 Å². The molecule has 0 heterocycles. The summed E-state index contributed by atoms with van der Waals surface area (Å²) < 4.78 is 4.88. The van der Waals surface area contributed by atoms with Gasteiger partial charge in [0.05, 0.1) is 6.10 Å². The predicted molar refractivity (Wildman–Crippen MR) is 37.3 cm³/mol. The molecule has 0 aliphatic heterocycles. The summed E-state index contributed by atoms with van der Waals surface area (Å²) in [6.45, 7) is 6.93. The van der Waals surface area contributed by atoms with Crippen LogP contribution in [-0.2, 0) is 4.74 Å². The van der Waals surface area contributed by atoms with Crippen molar-refractivity contribution in [2.75, 3.05) is 7.11 Å². The lowest BCUT2D eigenvalue weighted by atomic mass is 10.0. The highest BCUT2D eigenvalue weighted by atomic mass is 16.5. The molecule has 1 N–H and O–H groups in total. The van der Waals surface area contributed by atoms with E-state index in [9.17, 15) is 5.11 Å². The topological polar surface area (TPSA) is 29.5 Å². The van der Waals surface area contributed by atoms with Gasteiger partial charge in [0.25, 0.3) is 0 Å². The van der Waals surface area contributed by atoms with Gasteiger partial charge in [-0.1, -0.05) is 6.08 Å². The third-order valence-corrected chi connectivity index (χ3v) is 1.59. The molecule has 0 aliphatic rings. The van der Waals surface area contributed by atoms with E-state index in [-0.39, 0.29) is 6.10 Å². The zero-order valence-electron chi connectivity index (χ0n) is 6.22. The number of aliphatic hydroxyl groups is 1. The van der Waals surface area contributed by atoms with Crippen molar-refractivity contribution in [3.8, 4) is 0 Å². The highest BCUT2D eigenvalue weighted by Crippen LogP contribution is 2.12. The Morgan fingerprint density at radius 2 is 2.22 bits per heavy atom. The molecule has 0 aromatic carbocycles. The molecule has 0 aromatic heterocycles. The third kappa shape index (κ3) is 2.16. The molecule has 0 aliphatic carbocycles. The van der Waals surface area contributed by atoms with E-state index in [0.717, 1.165) is 0 Å². The average molecular weight is 130 g/mol. The van der Waals surface area contributed by atoms with Crippen molar-refractivity contribution in [2.24, 2.45) is 0 Å². The van der Waals surface area contributed by atoms with Gasteiger partial charge in [-0.05, 0) is 13.8 Å². The normalized spacial score (nSPS) is 20.4. The molecule has 0 radical (unpaired) electrons. The first kappa shape index (κ1) is 8.66. The number of hydrogen-bond donors (Lipinski definition) is 1. The smallest absolute Gasteiger partial charge is 0.105 e. The number of ether oxygens (including phenoxy) is 1. The van der Waals surface area contributed by atoms with Gasteiger partial charge in [-0.25, -0.2) is 0 Å². The first-order valence-corrected chi connectivity index (χ1v) is 2.93. The average Bonchev–Trinajstić information content (AvgIpc) is 1.86. The van der Waals surface area contributed by atoms with Crippen LogP contribution in [0.3, 0.4) is 0 Å². The van der Waals surface area contributed by atoms with Crippen LogP contribution in [0, 0.1) is 0 Å². The second kappa shape index (κ2) is 2.99. The largest absolute Gasteiger partial charge is 0.383 e. The molecule has 2 heteroatoms. The molecule has 2 nitrogen and oxygen atoms in total. The maximum absolute atomic E-state index is 9.35. The van der Waals surface area contributed by atoms with Crippen LogP contribution in [-0.4, -0.2) is 23.9 Å². The van der Waals surface area contributed by atoms with Crippen molar-refractivity contribution in [3.05, 3.63) is 12.7 Å². The van der Waals surface area contributed by atoms with Crippen molar-refractivity contribution >= 4 is 0 Å². The minimum atomic E-state index is -0.908. The molecule has 2 atom stereocenters. The molecule has 0 rings (SSSR count). The molecule has 0 aromatic rings. The van der Waals surface area contributed by atoms with Gasteiger partial charge in [0.1, 0.15) is 5.60 Å². The minimum absolute atomic E-state index is 0.199. The highest BCUT2D eigenvalue weighted by Gasteiger charge is 2.23. The lowest BCUT2D eigenvalue weighted by molar-refractivity contribution is -0.0399. The summed E-state index contributed by atoms with van der Waals surface area (Å²) in [4.78, 5) is 0. The fourth-order valence-corrected chi connectivity index (χ4v) is 0.405. The summed E-state index contributed by atoms with van der Waals surface area (Å²) in [6.07, 6.45) is 1.27. The van der Waals surface area contributed by atoms with E-state index in [1.54, 1.807) is 21.0 Å². The summed E-state index contributed by atoms with van der Waals surface area (Å²) in [5.41, 5.74) is -0.908. The molecule has 2 unspecified atom stereocenters. The standard InChI is InChI=1S/C7H14O2/c1-5-7(3,8)6(2)9-4/h5-6,8H,1H2,2-4H3. The van der Waals surface area contributed by atoms with Crippen molar-refractivity contribution in [2.45, 2.75) is 25.6 Å². The third-order valence-electron chi connectivity index (χ3n) is 1.59. The second-order valence-corrected chi connectivity index (χ2v) is 2.31. The van der Waals surface area contributed by atoms with Crippen LogP contribution in [0.1, 0.15) is 13.8 Å². The van der Waals surface area contributed by atoms with E-state index >= 15 is 0 Å². The maximum atomic E-state index is 9.35. The van der Waals surface area contributed by atoms with Gasteiger partial charge < -0.3 is 9.84 Å². The van der Waals surface area contributed by atoms with Crippen LogP contribution in [0.4, 0.5) is 0 Å². The monoisotopic (exact) mass is 130 g/mol. The molecule has 0 saturated heterocycles. The Kier molecular flexibility index (Phi) is 2.88. The molecule has 54 valence electrons.